The molecule has 0 saturated carbocycles. The standard InChI is InChI=1S/C9H19N4/c1-12-4-6-13(7-5-12)9-8(10)2-3-11-9/h8-9H,2-7,10H2,1H3. The average Bonchev–Trinajstić information content (AvgIpc) is 2.53. The summed E-state index contributed by atoms with van der Waals surface area (Å²) in [6.07, 6.45) is 1.38. The molecule has 13 heavy (non-hydrogen) atoms. The summed E-state index contributed by atoms with van der Waals surface area (Å²) >= 11 is 0. The van der Waals surface area contributed by atoms with Crippen LogP contribution in [0.5, 0.6) is 0 Å². The molecule has 2 heterocycles. The highest BCUT2D eigenvalue weighted by atomic mass is 15.3. The van der Waals surface area contributed by atoms with E-state index in [0.29, 0.717) is 6.17 Å². The van der Waals surface area contributed by atoms with Crippen LogP contribution in [0.3, 0.4) is 0 Å². The summed E-state index contributed by atoms with van der Waals surface area (Å²) in [6, 6.07) is 0.281. The van der Waals surface area contributed by atoms with Gasteiger partial charge in [0.1, 0.15) is 0 Å². The average molecular weight is 183 g/mol. The molecule has 4 nitrogen and oxygen atoms in total. The Kier molecular flexibility index (Phi) is 2.83. The maximum absolute atomic E-state index is 6.00. The number of hydrogen-bond acceptors (Lipinski definition) is 3. The number of nitrogens with two attached hydrogens (primary N) is 1. The monoisotopic (exact) mass is 183 g/mol. The number of nitrogens with zero attached hydrogens (tertiary/aromatic N) is 3. The van der Waals surface area contributed by atoms with E-state index in [1.807, 2.05) is 0 Å². The zero-order valence-electron chi connectivity index (χ0n) is 8.32. The Morgan fingerprint density at radius 3 is 2.46 bits per heavy atom. The lowest BCUT2D eigenvalue weighted by atomic mass is 10.2. The molecule has 75 valence electrons. The maximum Gasteiger partial charge on any atom is 0.0915 e. The van der Waals surface area contributed by atoms with E-state index in [-0.39, 0.29) is 6.04 Å². The lowest BCUT2D eigenvalue weighted by molar-refractivity contribution is 0.0950. The second-order valence-corrected chi connectivity index (χ2v) is 4.11. The van der Waals surface area contributed by atoms with Crippen molar-refractivity contribution in [3.8, 4) is 0 Å². The summed E-state index contributed by atoms with van der Waals surface area (Å²) in [5.41, 5.74) is 6.00. The maximum atomic E-state index is 6.00. The third-order valence-corrected chi connectivity index (χ3v) is 3.07. The predicted molar refractivity (Wildman–Crippen MR) is 52.5 cm³/mol. The molecule has 0 spiro atoms. The van der Waals surface area contributed by atoms with E-state index in [9.17, 15) is 0 Å². The van der Waals surface area contributed by atoms with Gasteiger partial charge >= 0.3 is 0 Å². The molecule has 2 fully saturated rings. The van der Waals surface area contributed by atoms with E-state index in [1.54, 1.807) is 0 Å². The minimum atomic E-state index is 0.281. The molecule has 0 amide bonds. The van der Waals surface area contributed by atoms with Gasteiger partial charge in [0.05, 0.1) is 6.17 Å². The van der Waals surface area contributed by atoms with E-state index < -0.39 is 0 Å². The zero-order chi connectivity index (χ0) is 9.26. The molecule has 0 aromatic heterocycles. The van der Waals surface area contributed by atoms with Gasteiger partial charge in [0.2, 0.25) is 0 Å². The summed E-state index contributed by atoms with van der Waals surface area (Å²) in [5.74, 6) is 0. The summed E-state index contributed by atoms with van der Waals surface area (Å²) < 4.78 is 0. The van der Waals surface area contributed by atoms with Crippen LogP contribution in [0, 0.1) is 0 Å². The third kappa shape index (κ3) is 2.02. The molecule has 2 unspecified atom stereocenters. The van der Waals surface area contributed by atoms with Gasteiger partial charge in [0.15, 0.2) is 0 Å². The van der Waals surface area contributed by atoms with Crippen LogP contribution in [0.25, 0.3) is 0 Å². The minimum Gasteiger partial charge on any atom is -0.325 e. The fourth-order valence-corrected chi connectivity index (χ4v) is 2.11. The van der Waals surface area contributed by atoms with Crippen LogP contribution in [0.15, 0.2) is 0 Å². The minimum absolute atomic E-state index is 0.281. The Bertz CT molecular complexity index is 165. The number of rotatable bonds is 1. The van der Waals surface area contributed by atoms with Gasteiger partial charge < -0.3 is 10.6 Å². The van der Waals surface area contributed by atoms with Crippen molar-refractivity contribution in [1.29, 1.82) is 0 Å². The highest BCUT2D eigenvalue weighted by molar-refractivity contribution is 4.88. The third-order valence-electron chi connectivity index (χ3n) is 3.07. The molecule has 0 aliphatic carbocycles. The Hall–Kier alpha value is -0.160. The summed E-state index contributed by atoms with van der Waals surface area (Å²) in [7, 11) is 2.17. The van der Waals surface area contributed by atoms with Crippen molar-refractivity contribution < 1.29 is 0 Å². The molecule has 4 heteroatoms. The molecule has 1 radical (unpaired) electrons. The van der Waals surface area contributed by atoms with E-state index in [4.69, 9.17) is 5.73 Å². The predicted octanol–water partition coefficient (Wildman–Crippen LogP) is -1.10. The lowest BCUT2D eigenvalue weighted by Crippen LogP contribution is -2.55. The van der Waals surface area contributed by atoms with Crippen molar-refractivity contribution in [2.24, 2.45) is 5.73 Å². The van der Waals surface area contributed by atoms with Crippen molar-refractivity contribution in [2.75, 3.05) is 39.8 Å². The highest BCUT2D eigenvalue weighted by Gasteiger charge is 2.31. The molecule has 2 rings (SSSR count). The Morgan fingerprint density at radius 2 is 1.92 bits per heavy atom. The molecular formula is C9H19N4. The van der Waals surface area contributed by atoms with Gasteiger partial charge in [-0.15, -0.1) is 0 Å². The van der Waals surface area contributed by atoms with Gasteiger partial charge in [-0.1, -0.05) is 0 Å². The van der Waals surface area contributed by atoms with Crippen LogP contribution in [-0.2, 0) is 0 Å². The molecule has 2 N–H and O–H groups in total. The Morgan fingerprint density at radius 1 is 1.23 bits per heavy atom. The molecule has 0 bridgehead atoms. The molecule has 2 aliphatic rings. The molecule has 2 aliphatic heterocycles. The summed E-state index contributed by atoms with van der Waals surface area (Å²) in [5, 5.41) is 4.55. The molecular weight excluding hydrogens is 164 g/mol. The van der Waals surface area contributed by atoms with Crippen LogP contribution in [0.1, 0.15) is 6.42 Å². The number of hydrogen-bond donors (Lipinski definition) is 1. The SMILES string of the molecule is CN1CCN(C2[N]CCC2N)CC1. The Balaban J connectivity index is 1.86. The first-order valence-corrected chi connectivity index (χ1v) is 5.12. The van der Waals surface area contributed by atoms with Crippen LogP contribution in [0.4, 0.5) is 0 Å². The smallest absolute Gasteiger partial charge is 0.0915 e. The normalized spacial score (nSPS) is 38.3. The summed E-state index contributed by atoms with van der Waals surface area (Å²) in [4.78, 5) is 4.79. The van der Waals surface area contributed by atoms with Gasteiger partial charge in [0, 0.05) is 38.8 Å². The van der Waals surface area contributed by atoms with Crippen LogP contribution < -0.4 is 11.1 Å². The van der Waals surface area contributed by atoms with Crippen molar-refractivity contribution >= 4 is 0 Å². The molecule has 2 saturated heterocycles. The second-order valence-electron chi connectivity index (χ2n) is 4.11. The number of piperazine rings is 1. The van der Waals surface area contributed by atoms with Crippen LogP contribution in [-0.4, -0.2) is 61.8 Å². The van der Waals surface area contributed by atoms with Crippen molar-refractivity contribution in [2.45, 2.75) is 18.6 Å². The number of likely N-dealkylation sites (N-methyl/N-ethyl adjacent to an activating group) is 1. The van der Waals surface area contributed by atoms with Gasteiger partial charge in [-0.3, -0.25) is 4.90 Å². The molecule has 0 aromatic carbocycles. The first-order valence-electron chi connectivity index (χ1n) is 5.12. The first kappa shape index (κ1) is 9.40. The first-order chi connectivity index (χ1) is 6.27. The lowest BCUT2D eigenvalue weighted by Gasteiger charge is -2.37. The summed E-state index contributed by atoms with van der Waals surface area (Å²) in [6.45, 7) is 5.51. The van der Waals surface area contributed by atoms with Gasteiger partial charge in [0.25, 0.3) is 0 Å². The quantitative estimate of drug-likeness (QED) is 0.561. The van der Waals surface area contributed by atoms with Crippen LogP contribution in [0.2, 0.25) is 0 Å². The van der Waals surface area contributed by atoms with Crippen molar-refractivity contribution in [1.82, 2.24) is 15.1 Å². The van der Waals surface area contributed by atoms with Crippen LogP contribution >= 0.6 is 0 Å². The van der Waals surface area contributed by atoms with Crippen molar-refractivity contribution in [3.05, 3.63) is 0 Å². The highest BCUT2D eigenvalue weighted by Crippen LogP contribution is 2.13. The largest absolute Gasteiger partial charge is 0.325 e. The molecule has 0 aromatic rings. The van der Waals surface area contributed by atoms with Gasteiger partial charge in [-0.25, -0.2) is 5.32 Å². The van der Waals surface area contributed by atoms with Gasteiger partial charge in [-0.05, 0) is 13.5 Å². The fraction of sp³-hybridized carbons (Fsp3) is 1.00. The van der Waals surface area contributed by atoms with E-state index in [0.717, 1.165) is 39.1 Å². The van der Waals surface area contributed by atoms with Gasteiger partial charge in [-0.2, -0.15) is 0 Å². The fourth-order valence-electron chi connectivity index (χ4n) is 2.11. The van der Waals surface area contributed by atoms with E-state index in [1.165, 1.54) is 0 Å². The Labute approximate surface area is 80.1 Å². The van der Waals surface area contributed by atoms with E-state index in [2.05, 4.69) is 22.2 Å². The zero-order valence-corrected chi connectivity index (χ0v) is 8.32. The second kappa shape index (κ2) is 3.92. The van der Waals surface area contributed by atoms with Crippen molar-refractivity contribution in [3.63, 3.8) is 0 Å². The molecule has 2 atom stereocenters. The van der Waals surface area contributed by atoms with E-state index >= 15 is 0 Å². The topological polar surface area (TPSA) is 46.6 Å².